The van der Waals surface area contributed by atoms with E-state index in [4.69, 9.17) is 9.47 Å². The lowest BCUT2D eigenvalue weighted by molar-refractivity contribution is -0.546. The van der Waals surface area contributed by atoms with Gasteiger partial charge in [0.2, 0.25) is 0 Å². The van der Waals surface area contributed by atoms with Gasteiger partial charge in [-0.2, -0.15) is 0 Å². The van der Waals surface area contributed by atoms with Gasteiger partial charge in [0.1, 0.15) is 18.2 Å². The van der Waals surface area contributed by atoms with E-state index < -0.39 is 5.82 Å². The van der Waals surface area contributed by atoms with Crippen LogP contribution in [0.15, 0.2) is 43.0 Å². The summed E-state index contributed by atoms with van der Waals surface area (Å²) in [6.07, 6.45) is 20.6. The number of halogens is 3. The van der Waals surface area contributed by atoms with Crippen molar-refractivity contribution < 1.29 is 39.8 Å². The average Bonchev–Trinajstić information content (AvgIpc) is 2.98. The van der Waals surface area contributed by atoms with Crippen LogP contribution in [0.5, 0.6) is 11.5 Å². The molecule has 0 atom stereocenters. The van der Waals surface area contributed by atoms with E-state index >= 15 is 0 Å². The van der Waals surface area contributed by atoms with Gasteiger partial charge in [-0.15, -0.1) is 6.58 Å². The third-order valence-electron chi connectivity index (χ3n) is 8.20. The van der Waals surface area contributed by atoms with Crippen molar-refractivity contribution in [1.29, 1.82) is 0 Å². The van der Waals surface area contributed by atoms with E-state index in [1.165, 1.54) is 93.7 Å². The predicted octanol–water partition coefficient (Wildman–Crippen LogP) is 6.97. The molecule has 2 aromatic rings. The Balaban J connectivity index is 0.00000616. The van der Waals surface area contributed by atoms with Crippen LogP contribution in [0.25, 0.3) is 0 Å². The van der Waals surface area contributed by atoms with Crippen molar-refractivity contribution in [1.82, 2.24) is 0 Å². The summed E-state index contributed by atoms with van der Waals surface area (Å²) in [4.78, 5) is 0. The van der Waals surface area contributed by atoms with Crippen molar-refractivity contribution in [3.8, 4) is 11.5 Å². The summed E-state index contributed by atoms with van der Waals surface area (Å²) >= 11 is 0. The van der Waals surface area contributed by atoms with Gasteiger partial charge in [-0.3, -0.25) is 0 Å². The molecule has 3 rings (SSSR count). The van der Waals surface area contributed by atoms with E-state index in [2.05, 4.69) is 24.1 Å². The molecule has 3 nitrogen and oxygen atoms in total. The Morgan fingerprint density at radius 1 is 0.881 bits per heavy atom. The largest absolute Gasteiger partial charge is 1.00 e. The second-order valence-corrected chi connectivity index (χ2v) is 11.4. The molecule has 0 aromatic heterocycles. The van der Waals surface area contributed by atoms with Gasteiger partial charge in [0.25, 0.3) is 0 Å². The first kappa shape index (κ1) is 36.0. The molecule has 0 spiro atoms. The van der Waals surface area contributed by atoms with Crippen LogP contribution in [0, 0.1) is 11.6 Å². The van der Waals surface area contributed by atoms with E-state index in [0.717, 1.165) is 62.1 Å². The highest BCUT2D eigenvalue weighted by molar-refractivity contribution is 5.99. The van der Waals surface area contributed by atoms with Gasteiger partial charge in [0, 0.05) is 24.0 Å². The molecule has 6 heteroatoms. The number of hydrogen-bond acceptors (Lipinski definition) is 2. The molecule has 0 aliphatic carbocycles. The first-order valence-electron chi connectivity index (χ1n) is 16.1. The lowest BCUT2D eigenvalue weighted by atomic mass is 9.91. The van der Waals surface area contributed by atoms with Crippen LogP contribution in [0.1, 0.15) is 120 Å². The molecule has 0 bridgehead atoms. The molecule has 1 aliphatic rings. The van der Waals surface area contributed by atoms with Gasteiger partial charge in [0.15, 0.2) is 23.8 Å². The fourth-order valence-electron chi connectivity index (χ4n) is 5.85. The maximum Gasteiger partial charge on any atom is 0.184 e. The van der Waals surface area contributed by atoms with Crippen molar-refractivity contribution >= 4 is 5.71 Å². The van der Waals surface area contributed by atoms with Crippen molar-refractivity contribution in [3.63, 3.8) is 0 Å². The Kier molecular flexibility index (Phi) is 17.7. The smallest absolute Gasteiger partial charge is 0.184 e. The third-order valence-corrected chi connectivity index (χ3v) is 8.20. The molecule has 2 aromatic carbocycles. The molecule has 0 unspecified atom stereocenters. The van der Waals surface area contributed by atoms with Gasteiger partial charge in [-0.25, -0.2) is 13.4 Å². The summed E-state index contributed by atoms with van der Waals surface area (Å²) in [7, 11) is 1.69. The average molecular weight is 649 g/mol. The van der Waals surface area contributed by atoms with E-state index in [0.29, 0.717) is 18.7 Å². The number of unbranched alkanes of at least 4 members (excludes halogenated alkanes) is 12. The topological polar surface area (TPSA) is 21.5 Å². The van der Waals surface area contributed by atoms with Gasteiger partial charge in [-0.1, -0.05) is 77.2 Å². The Morgan fingerprint density at radius 3 is 2.29 bits per heavy atom. The molecule has 1 heterocycles. The van der Waals surface area contributed by atoms with E-state index in [1.54, 1.807) is 7.11 Å². The minimum Gasteiger partial charge on any atom is -1.00 e. The number of benzene rings is 2. The van der Waals surface area contributed by atoms with E-state index in [9.17, 15) is 8.78 Å². The first-order valence-corrected chi connectivity index (χ1v) is 16.1. The van der Waals surface area contributed by atoms with Crippen molar-refractivity contribution in [3.05, 3.63) is 71.3 Å². The zero-order valence-electron chi connectivity index (χ0n) is 26.0. The van der Waals surface area contributed by atoms with Crippen LogP contribution in [0.4, 0.5) is 8.78 Å². The lowest BCUT2D eigenvalue weighted by Crippen LogP contribution is -3.00. The number of fused-ring (bicyclic) bond motifs is 1. The van der Waals surface area contributed by atoms with Crippen LogP contribution in [-0.4, -0.2) is 30.5 Å². The predicted molar refractivity (Wildman–Crippen MR) is 167 cm³/mol. The van der Waals surface area contributed by atoms with Crippen LogP contribution in [0.3, 0.4) is 0 Å². The summed E-state index contributed by atoms with van der Waals surface area (Å²) in [5.74, 6) is 0.857. The second-order valence-electron chi connectivity index (χ2n) is 11.4. The molecule has 0 saturated heterocycles. The molecule has 1 aliphatic heterocycles. The SMILES string of the molecule is C=CCCCCCCOc1c(OC)ccc2c1CC[N+](Cc1cc(F)ccc1F)=C2CCCCCCCCCCC.[Br-]. The molecular formula is C36H52BrF2NO2. The lowest BCUT2D eigenvalue weighted by Gasteiger charge is -2.23. The Morgan fingerprint density at radius 2 is 1.57 bits per heavy atom. The zero-order chi connectivity index (χ0) is 29.3. The Bertz CT molecular complexity index is 1120. The highest BCUT2D eigenvalue weighted by Gasteiger charge is 2.30. The van der Waals surface area contributed by atoms with Crippen molar-refractivity contribution in [2.75, 3.05) is 20.3 Å². The van der Waals surface area contributed by atoms with Crippen LogP contribution < -0.4 is 26.5 Å². The second kappa shape index (κ2) is 20.7. The highest BCUT2D eigenvalue weighted by atomic mass is 79.9. The molecule has 0 N–H and O–H groups in total. The summed E-state index contributed by atoms with van der Waals surface area (Å²) in [6.45, 7) is 7.82. The quantitative estimate of drug-likeness (QED) is 0.0829. The molecule has 0 saturated carbocycles. The molecule has 0 fully saturated rings. The summed E-state index contributed by atoms with van der Waals surface area (Å²) in [5, 5.41) is 0. The van der Waals surface area contributed by atoms with Crippen molar-refractivity contribution in [2.24, 2.45) is 0 Å². The molecular weight excluding hydrogens is 596 g/mol. The summed E-state index contributed by atoms with van der Waals surface area (Å²) in [6, 6.07) is 7.89. The summed E-state index contributed by atoms with van der Waals surface area (Å²) in [5.41, 5.74) is 3.95. The fraction of sp³-hybridized carbons (Fsp3) is 0.583. The minimum absolute atomic E-state index is 0. The Hall–Kier alpha value is -2.21. The maximum atomic E-state index is 14.6. The molecule has 234 valence electrons. The number of rotatable bonds is 21. The van der Waals surface area contributed by atoms with Crippen LogP contribution >= 0.6 is 0 Å². The fourth-order valence-corrected chi connectivity index (χ4v) is 5.85. The number of ether oxygens (including phenoxy) is 2. The zero-order valence-corrected chi connectivity index (χ0v) is 27.6. The third kappa shape index (κ3) is 11.5. The maximum absolute atomic E-state index is 14.6. The van der Waals surface area contributed by atoms with Gasteiger partial charge in [0.05, 0.1) is 19.3 Å². The molecule has 42 heavy (non-hydrogen) atoms. The Labute approximate surface area is 264 Å². The molecule has 0 radical (unpaired) electrons. The van der Waals surface area contributed by atoms with Crippen LogP contribution in [0.2, 0.25) is 0 Å². The van der Waals surface area contributed by atoms with Gasteiger partial charge < -0.3 is 26.5 Å². The number of allylic oxidation sites excluding steroid dienone is 1. The monoisotopic (exact) mass is 647 g/mol. The first-order chi connectivity index (χ1) is 20.1. The number of nitrogens with zero attached hydrogens (tertiary/aromatic N) is 1. The van der Waals surface area contributed by atoms with E-state index in [-0.39, 0.29) is 22.8 Å². The minimum atomic E-state index is -0.399. The highest BCUT2D eigenvalue weighted by Crippen LogP contribution is 2.37. The number of methoxy groups -OCH3 is 1. The van der Waals surface area contributed by atoms with Gasteiger partial charge >= 0.3 is 0 Å². The van der Waals surface area contributed by atoms with Crippen LogP contribution in [-0.2, 0) is 13.0 Å². The number of hydrogen-bond donors (Lipinski definition) is 0. The standard InChI is InChI=1S/C36H52F2NO2.BrH/c1-4-6-8-10-12-13-14-15-17-19-34-31-21-23-35(40-3)36(41-26-18-16-11-9-7-5-2)32(31)24-25-39(34)28-29-27-30(37)20-22-33(29)38;/h5,20-23,27H,2,4,6-19,24-26,28H2,1,3H3;1H/q+1;/p-1. The normalized spacial score (nSPS) is 12.6. The van der Waals surface area contributed by atoms with Gasteiger partial charge in [-0.05, 0) is 56.0 Å². The summed E-state index contributed by atoms with van der Waals surface area (Å²) < 4.78 is 43.0. The molecule has 0 amide bonds. The van der Waals surface area contributed by atoms with Crippen molar-refractivity contribution in [2.45, 2.75) is 116 Å². The van der Waals surface area contributed by atoms with E-state index in [1.807, 2.05) is 12.1 Å².